The third-order valence-electron chi connectivity index (χ3n) is 4.41. The van der Waals surface area contributed by atoms with Crippen molar-refractivity contribution in [3.8, 4) is 0 Å². The number of rotatable bonds is 3. The molecule has 1 saturated heterocycles. The van der Waals surface area contributed by atoms with Gasteiger partial charge in [-0.2, -0.15) is 0 Å². The summed E-state index contributed by atoms with van der Waals surface area (Å²) < 4.78 is 0. The van der Waals surface area contributed by atoms with Gasteiger partial charge in [-0.25, -0.2) is 0 Å². The molecule has 0 saturated carbocycles. The van der Waals surface area contributed by atoms with E-state index in [4.69, 9.17) is 0 Å². The molecule has 0 atom stereocenters. The van der Waals surface area contributed by atoms with Gasteiger partial charge in [0.1, 0.15) is 0 Å². The second kappa shape index (κ2) is 6.48. The summed E-state index contributed by atoms with van der Waals surface area (Å²) in [6.45, 7) is 6.76. The maximum Gasteiger partial charge on any atom is 0.255 e. The molecule has 24 heavy (non-hydrogen) atoms. The lowest BCUT2D eigenvalue weighted by molar-refractivity contribution is -0.117. The quantitative estimate of drug-likeness (QED) is 0.929. The first kappa shape index (κ1) is 16.2. The van der Waals surface area contributed by atoms with Crippen molar-refractivity contribution in [2.45, 2.75) is 33.6 Å². The number of aryl methyl sites for hydroxylation is 3. The highest BCUT2D eigenvalue weighted by Crippen LogP contribution is 2.25. The SMILES string of the molecule is Cc1cc(C)c(NC(=O)c2cccc(N3CCCC3=O)c2)c(C)c1. The zero-order valence-corrected chi connectivity index (χ0v) is 14.3. The maximum absolute atomic E-state index is 12.6. The first-order chi connectivity index (χ1) is 11.5. The molecule has 1 aliphatic heterocycles. The van der Waals surface area contributed by atoms with E-state index in [0.29, 0.717) is 12.0 Å². The Kier molecular flexibility index (Phi) is 4.38. The second-order valence-electron chi connectivity index (χ2n) is 6.43. The average Bonchev–Trinajstić information content (AvgIpc) is 2.97. The van der Waals surface area contributed by atoms with Crippen LogP contribution < -0.4 is 10.2 Å². The molecule has 2 amide bonds. The minimum absolute atomic E-state index is 0.123. The van der Waals surface area contributed by atoms with E-state index in [1.54, 1.807) is 17.0 Å². The topological polar surface area (TPSA) is 49.4 Å². The molecule has 1 aliphatic rings. The molecule has 1 fully saturated rings. The number of amides is 2. The van der Waals surface area contributed by atoms with Gasteiger partial charge in [0, 0.05) is 29.9 Å². The molecule has 4 nitrogen and oxygen atoms in total. The monoisotopic (exact) mass is 322 g/mol. The molecule has 3 rings (SSSR count). The highest BCUT2D eigenvalue weighted by atomic mass is 16.2. The van der Waals surface area contributed by atoms with Crippen molar-refractivity contribution in [2.24, 2.45) is 0 Å². The summed E-state index contributed by atoms with van der Waals surface area (Å²) in [6, 6.07) is 11.4. The highest BCUT2D eigenvalue weighted by Gasteiger charge is 2.22. The average molecular weight is 322 g/mol. The summed E-state index contributed by atoms with van der Waals surface area (Å²) in [4.78, 5) is 26.3. The van der Waals surface area contributed by atoms with E-state index in [0.717, 1.165) is 35.5 Å². The fraction of sp³-hybridized carbons (Fsp3) is 0.300. The Bertz CT molecular complexity index is 788. The van der Waals surface area contributed by atoms with E-state index in [2.05, 4.69) is 17.4 Å². The Hall–Kier alpha value is -2.62. The number of carbonyl (C=O) groups is 2. The van der Waals surface area contributed by atoms with Crippen LogP contribution in [-0.4, -0.2) is 18.4 Å². The summed E-state index contributed by atoms with van der Waals surface area (Å²) in [5.74, 6) is -0.0312. The molecule has 0 aliphatic carbocycles. The normalized spacial score (nSPS) is 14.1. The van der Waals surface area contributed by atoms with E-state index < -0.39 is 0 Å². The van der Waals surface area contributed by atoms with Gasteiger partial charge in [-0.3, -0.25) is 9.59 Å². The minimum atomic E-state index is -0.154. The van der Waals surface area contributed by atoms with E-state index in [1.165, 1.54) is 5.56 Å². The molecular formula is C20H22N2O2. The first-order valence-corrected chi connectivity index (χ1v) is 8.25. The van der Waals surface area contributed by atoms with E-state index in [1.807, 2.05) is 32.9 Å². The van der Waals surface area contributed by atoms with Gasteiger partial charge < -0.3 is 10.2 Å². The third kappa shape index (κ3) is 3.18. The Morgan fingerprint density at radius 1 is 1.08 bits per heavy atom. The third-order valence-corrected chi connectivity index (χ3v) is 4.41. The minimum Gasteiger partial charge on any atom is -0.322 e. The standard InChI is InChI=1S/C20H22N2O2/c1-13-10-14(2)19(15(3)11-13)21-20(24)16-6-4-7-17(12-16)22-9-5-8-18(22)23/h4,6-7,10-12H,5,8-9H2,1-3H3,(H,21,24). The van der Waals surface area contributed by atoms with Gasteiger partial charge in [0.2, 0.25) is 5.91 Å². The first-order valence-electron chi connectivity index (χ1n) is 8.25. The van der Waals surface area contributed by atoms with Gasteiger partial charge in [0.15, 0.2) is 0 Å². The highest BCUT2D eigenvalue weighted by molar-refractivity contribution is 6.06. The van der Waals surface area contributed by atoms with Gasteiger partial charge >= 0.3 is 0 Å². The molecule has 2 aromatic rings. The Morgan fingerprint density at radius 2 is 1.79 bits per heavy atom. The van der Waals surface area contributed by atoms with Crippen LogP contribution in [0.5, 0.6) is 0 Å². The van der Waals surface area contributed by atoms with E-state index in [-0.39, 0.29) is 11.8 Å². The number of hydrogen-bond acceptors (Lipinski definition) is 2. The predicted molar refractivity (Wildman–Crippen MR) is 96.6 cm³/mol. The van der Waals surface area contributed by atoms with Crippen LogP contribution in [0.4, 0.5) is 11.4 Å². The lowest BCUT2D eigenvalue weighted by Crippen LogP contribution is -2.24. The van der Waals surface area contributed by atoms with Crippen LogP contribution in [0.15, 0.2) is 36.4 Å². The van der Waals surface area contributed by atoms with Crippen LogP contribution in [0.25, 0.3) is 0 Å². The Morgan fingerprint density at radius 3 is 2.42 bits per heavy atom. The summed E-state index contributed by atoms with van der Waals surface area (Å²) in [6.07, 6.45) is 1.45. The van der Waals surface area contributed by atoms with Crippen LogP contribution in [0.1, 0.15) is 39.9 Å². The number of hydrogen-bond donors (Lipinski definition) is 1. The van der Waals surface area contributed by atoms with Crippen LogP contribution in [0.2, 0.25) is 0 Å². The van der Waals surface area contributed by atoms with Crippen molar-refractivity contribution < 1.29 is 9.59 Å². The second-order valence-corrected chi connectivity index (χ2v) is 6.43. The van der Waals surface area contributed by atoms with Crippen LogP contribution in [0.3, 0.4) is 0 Å². The van der Waals surface area contributed by atoms with Crippen molar-refractivity contribution in [3.63, 3.8) is 0 Å². The van der Waals surface area contributed by atoms with Crippen LogP contribution >= 0.6 is 0 Å². The smallest absolute Gasteiger partial charge is 0.255 e. The van der Waals surface area contributed by atoms with E-state index in [9.17, 15) is 9.59 Å². The fourth-order valence-electron chi connectivity index (χ4n) is 3.30. The van der Waals surface area contributed by atoms with Crippen molar-refractivity contribution in [2.75, 3.05) is 16.8 Å². The summed E-state index contributed by atoms with van der Waals surface area (Å²) in [5.41, 5.74) is 5.48. The van der Waals surface area contributed by atoms with Crippen molar-refractivity contribution >= 4 is 23.2 Å². The Labute approximate surface area is 142 Å². The Balaban J connectivity index is 1.85. The molecule has 0 spiro atoms. The van der Waals surface area contributed by atoms with Crippen molar-refractivity contribution in [1.29, 1.82) is 0 Å². The zero-order chi connectivity index (χ0) is 17.3. The predicted octanol–water partition coefficient (Wildman–Crippen LogP) is 3.99. The molecule has 0 aromatic heterocycles. The molecule has 1 heterocycles. The van der Waals surface area contributed by atoms with Gasteiger partial charge in [0.25, 0.3) is 5.91 Å². The van der Waals surface area contributed by atoms with Gasteiger partial charge in [-0.05, 0) is 56.5 Å². The van der Waals surface area contributed by atoms with Gasteiger partial charge in [0.05, 0.1) is 0 Å². The largest absolute Gasteiger partial charge is 0.322 e. The number of benzene rings is 2. The molecule has 0 bridgehead atoms. The molecule has 0 unspecified atom stereocenters. The van der Waals surface area contributed by atoms with Crippen molar-refractivity contribution in [1.82, 2.24) is 0 Å². The number of carbonyl (C=O) groups excluding carboxylic acids is 2. The van der Waals surface area contributed by atoms with Gasteiger partial charge in [-0.1, -0.05) is 23.8 Å². The van der Waals surface area contributed by atoms with Crippen LogP contribution in [-0.2, 0) is 4.79 Å². The number of nitrogens with one attached hydrogen (secondary N) is 1. The zero-order valence-electron chi connectivity index (χ0n) is 14.3. The number of nitrogens with zero attached hydrogens (tertiary/aromatic N) is 1. The lowest BCUT2D eigenvalue weighted by atomic mass is 10.0. The summed E-state index contributed by atoms with van der Waals surface area (Å²) in [7, 11) is 0. The summed E-state index contributed by atoms with van der Waals surface area (Å²) in [5, 5.41) is 3.01. The van der Waals surface area contributed by atoms with Crippen molar-refractivity contribution in [3.05, 3.63) is 58.7 Å². The maximum atomic E-state index is 12.6. The fourth-order valence-corrected chi connectivity index (χ4v) is 3.30. The van der Waals surface area contributed by atoms with E-state index >= 15 is 0 Å². The lowest BCUT2D eigenvalue weighted by Gasteiger charge is -2.17. The van der Waals surface area contributed by atoms with Crippen LogP contribution in [0, 0.1) is 20.8 Å². The molecule has 1 N–H and O–H groups in total. The molecule has 4 heteroatoms. The summed E-state index contributed by atoms with van der Waals surface area (Å²) >= 11 is 0. The van der Waals surface area contributed by atoms with Gasteiger partial charge in [-0.15, -0.1) is 0 Å². The number of anilines is 2. The molecule has 2 aromatic carbocycles. The molecule has 124 valence electrons. The molecular weight excluding hydrogens is 300 g/mol. The molecule has 0 radical (unpaired) electrons.